The summed E-state index contributed by atoms with van der Waals surface area (Å²) >= 11 is 0. The maximum absolute atomic E-state index is 12.8. The molecule has 2 aliphatic rings. The quantitative estimate of drug-likeness (QED) is 0.867. The number of amides is 1. The normalized spacial score (nSPS) is 26.3. The van der Waals surface area contributed by atoms with Gasteiger partial charge in [-0.1, -0.05) is 31.2 Å². The summed E-state index contributed by atoms with van der Waals surface area (Å²) in [7, 11) is 0. The molecule has 1 N–H and O–H groups in total. The fourth-order valence-electron chi connectivity index (χ4n) is 3.80. The Labute approximate surface area is 157 Å². The number of hydrogen-bond donors (Lipinski definition) is 1. The van der Waals surface area contributed by atoms with Crippen LogP contribution in [0.15, 0.2) is 24.3 Å². The Morgan fingerprint density at radius 2 is 2.04 bits per heavy atom. The molecule has 3 rings (SSSR count). The van der Waals surface area contributed by atoms with Crippen LogP contribution in [-0.4, -0.2) is 42.6 Å². The molecule has 2 fully saturated rings. The molecular formula is C20H31ClN2O2. The predicted molar refractivity (Wildman–Crippen MR) is 103 cm³/mol. The van der Waals surface area contributed by atoms with Gasteiger partial charge in [-0.2, -0.15) is 0 Å². The average molecular weight is 367 g/mol. The Hall–Kier alpha value is -1.10. The van der Waals surface area contributed by atoms with Crippen molar-refractivity contribution >= 4 is 18.3 Å². The lowest BCUT2D eigenvalue weighted by Crippen LogP contribution is -2.48. The molecule has 5 heteroatoms. The van der Waals surface area contributed by atoms with Gasteiger partial charge in [0.05, 0.1) is 18.2 Å². The van der Waals surface area contributed by atoms with Gasteiger partial charge >= 0.3 is 0 Å². The molecule has 3 unspecified atom stereocenters. The van der Waals surface area contributed by atoms with Gasteiger partial charge in [0, 0.05) is 26.1 Å². The zero-order valence-electron chi connectivity index (χ0n) is 15.4. The summed E-state index contributed by atoms with van der Waals surface area (Å²) in [5, 5.41) is 3.43. The number of benzene rings is 1. The summed E-state index contributed by atoms with van der Waals surface area (Å²) in [5.74, 6) is 0.268. The number of halogens is 1. The fraction of sp³-hybridized carbons (Fsp3) is 0.650. The van der Waals surface area contributed by atoms with E-state index in [1.54, 1.807) is 0 Å². The van der Waals surface area contributed by atoms with Crippen molar-refractivity contribution in [2.75, 3.05) is 19.6 Å². The number of carbonyl (C=O) groups excluding carboxylic acids is 1. The first kappa shape index (κ1) is 20.2. The minimum atomic E-state index is 0. The molecule has 0 saturated carbocycles. The lowest BCUT2D eigenvalue weighted by atomic mass is 10.00. The highest BCUT2D eigenvalue weighted by molar-refractivity contribution is 5.85. The molecule has 1 aromatic rings. The molecule has 2 heterocycles. The lowest BCUT2D eigenvalue weighted by Gasteiger charge is -2.37. The van der Waals surface area contributed by atoms with Crippen LogP contribution in [0, 0.1) is 0 Å². The predicted octanol–water partition coefficient (Wildman–Crippen LogP) is 3.49. The second-order valence-electron chi connectivity index (χ2n) is 7.09. The Morgan fingerprint density at radius 1 is 1.28 bits per heavy atom. The van der Waals surface area contributed by atoms with Crippen molar-refractivity contribution in [3.05, 3.63) is 35.4 Å². The summed E-state index contributed by atoms with van der Waals surface area (Å²) < 4.78 is 5.85. The average Bonchev–Trinajstić information content (AvgIpc) is 3.05. The standard InChI is InChI=1S/C20H30N2O2.ClH/c1-3-16-5-7-17(8-6-16)19-14-21-12-13-22(19)20(23)11-10-18-9-4-15(2)24-18;/h5-8,15,18-19,21H,3-4,9-14H2,1-2H3;1H. The van der Waals surface area contributed by atoms with Gasteiger partial charge in [-0.25, -0.2) is 0 Å². The Balaban J connectivity index is 0.00000225. The molecule has 0 aromatic heterocycles. The molecule has 4 nitrogen and oxygen atoms in total. The van der Waals surface area contributed by atoms with Crippen molar-refractivity contribution in [1.82, 2.24) is 10.2 Å². The van der Waals surface area contributed by atoms with Crippen LogP contribution in [0.3, 0.4) is 0 Å². The smallest absolute Gasteiger partial charge is 0.223 e. The zero-order valence-corrected chi connectivity index (χ0v) is 16.2. The van der Waals surface area contributed by atoms with E-state index in [-0.39, 0.29) is 30.5 Å². The van der Waals surface area contributed by atoms with Gasteiger partial charge in [-0.3, -0.25) is 4.79 Å². The van der Waals surface area contributed by atoms with E-state index in [0.717, 1.165) is 45.3 Å². The number of nitrogens with zero attached hydrogens (tertiary/aromatic N) is 1. The van der Waals surface area contributed by atoms with Crippen molar-refractivity contribution < 1.29 is 9.53 Å². The van der Waals surface area contributed by atoms with Crippen LogP contribution in [0.25, 0.3) is 0 Å². The van der Waals surface area contributed by atoms with Gasteiger partial charge in [0.15, 0.2) is 0 Å². The zero-order chi connectivity index (χ0) is 16.9. The number of piperazine rings is 1. The van der Waals surface area contributed by atoms with Crippen LogP contribution in [0.2, 0.25) is 0 Å². The van der Waals surface area contributed by atoms with Crippen molar-refractivity contribution in [2.45, 2.75) is 64.2 Å². The molecule has 0 bridgehead atoms. The largest absolute Gasteiger partial charge is 0.375 e. The van der Waals surface area contributed by atoms with E-state index in [0.29, 0.717) is 12.5 Å². The van der Waals surface area contributed by atoms with Crippen LogP contribution in [0.5, 0.6) is 0 Å². The molecule has 140 valence electrons. The molecule has 25 heavy (non-hydrogen) atoms. The van der Waals surface area contributed by atoms with Gasteiger partial charge in [-0.05, 0) is 43.7 Å². The monoisotopic (exact) mass is 366 g/mol. The molecule has 2 saturated heterocycles. The van der Waals surface area contributed by atoms with Crippen LogP contribution >= 0.6 is 12.4 Å². The van der Waals surface area contributed by atoms with E-state index in [2.05, 4.69) is 48.3 Å². The van der Waals surface area contributed by atoms with Crippen molar-refractivity contribution in [1.29, 1.82) is 0 Å². The molecule has 3 atom stereocenters. The van der Waals surface area contributed by atoms with E-state index in [1.807, 2.05) is 0 Å². The number of ether oxygens (including phenoxy) is 1. The van der Waals surface area contributed by atoms with Gasteiger partial charge in [0.2, 0.25) is 5.91 Å². The van der Waals surface area contributed by atoms with E-state index in [4.69, 9.17) is 4.74 Å². The Kier molecular flexibility index (Phi) is 7.73. The van der Waals surface area contributed by atoms with E-state index in [1.165, 1.54) is 11.1 Å². The Bertz CT molecular complexity index is 549. The van der Waals surface area contributed by atoms with Crippen molar-refractivity contribution in [3.8, 4) is 0 Å². The molecule has 0 aliphatic carbocycles. The highest BCUT2D eigenvalue weighted by Gasteiger charge is 2.29. The number of nitrogens with one attached hydrogen (secondary N) is 1. The summed E-state index contributed by atoms with van der Waals surface area (Å²) in [4.78, 5) is 14.9. The maximum atomic E-state index is 12.8. The first-order valence-corrected chi connectivity index (χ1v) is 9.42. The molecule has 2 aliphatic heterocycles. The third kappa shape index (κ3) is 5.19. The van der Waals surface area contributed by atoms with Gasteiger partial charge < -0.3 is 15.0 Å². The molecular weight excluding hydrogens is 336 g/mol. The van der Waals surface area contributed by atoms with Gasteiger partial charge in [0.25, 0.3) is 0 Å². The maximum Gasteiger partial charge on any atom is 0.223 e. The molecule has 0 radical (unpaired) electrons. The fourth-order valence-corrected chi connectivity index (χ4v) is 3.80. The summed E-state index contributed by atoms with van der Waals surface area (Å²) in [5.41, 5.74) is 2.58. The number of carbonyl (C=O) groups is 1. The third-order valence-electron chi connectivity index (χ3n) is 5.34. The van der Waals surface area contributed by atoms with E-state index >= 15 is 0 Å². The number of hydrogen-bond acceptors (Lipinski definition) is 3. The van der Waals surface area contributed by atoms with Gasteiger partial charge in [-0.15, -0.1) is 12.4 Å². The van der Waals surface area contributed by atoms with Crippen LogP contribution in [0.4, 0.5) is 0 Å². The van der Waals surface area contributed by atoms with Crippen LogP contribution in [0.1, 0.15) is 56.7 Å². The number of aryl methyl sites for hydroxylation is 1. The Morgan fingerprint density at radius 3 is 2.68 bits per heavy atom. The van der Waals surface area contributed by atoms with Gasteiger partial charge in [0.1, 0.15) is 0 Å². The minimum absolute atomic E-state index is 0. The summed E-state index contributed by atoms with van der Waals surface area (Å²) in [6, 6.07) is 8.87. The van der Waals surface area contributed by atoms with Crippen molar-refractivity contribution in [3.63, 3.8) is 0 Å². The third-order valence-corrected chi connectivity index (χ3v) is 5.34. The second-order valence-corrected chi connectivity index (χ2v) is 7.09. The van der Waals surface area contributed by atoms with Crippen LogP contribution < -0.4 is 5.32 Å². The highest BCUT2D eigenvalue weighted by Crippen LogP contribution is 2.26. The number of rotatable bonds is 5. The summed E-state index contributed by atoms with van der Waals surface area (Å²) in [6.45, 7) is 6.80. The lowest BCUT2D eigenvalue weighted by molar-refractivity contribution is -0.135. The minimum Gasteiger partial charge on any atom is -0.375 e. The van der Waals surface area contributed by atoms with E-state index in [9.17, 15) is 4.79 Å². The topological polar surface area (TPSA) is 41.6 Å². The first-order valence-electron chi connectivity index (χ1n) is 9.42. The van der Waals surface area contributed by atoms with Crippen molar-refractivity contribution in [2.24, 2.45) is 0 Å². The SMILES string of the molecule is CCc1ccc(C2CNCCN2C(=O)CCC2CCC(C)O2)cc1.Cl. The molecule has 1 aromatic carbocycles. The second kappa shape index (κ2) is 9.56. The van der Waals surface area contributed by atoms with E-state index < -0.39 is 0 Å². The highest BCUT2D eigenvalue weighted by atomic mass is 35.5. The molecule has 1 amide bonds. The summed E-state index contributed by atoms with van der Waals surface area (Å²) in [6.07, 6.45) is 5.35. The first-order chi connectivity index (χ1) is 11.7. The molecule has 0 spiro atoms. The van der Waals surface area contributed by atoms with Crippen LogP contribution in [-0.2, 0) is 16.0 Å².